The molecule has 4 rings (SSSR count). The van der Waals surface area contributed by atoms with E-state index in [0.717, 1.165) is 27.9 Å². The highest BCUT2D eigenvalue weighted by atomic mass is 16.4. The van der Waals surface area contributed by atoms with Crippen LogP contribution in [0.2, 0.25) is 0 Å². The second kappa shape index (κ2) is 7.56. The van der Waals surface area contributed by atoms with Gasteiger partial charge in [0.25, 0.3) is 0 Å². The number of fused-ring (bicyclic) bond motifs is 1. The van der Waals surface area contributed by atoms with E-state index in [4.69, 9.17) is 5.11 Å². The zero-order valence-electron chi connectivity index (χ0n) is 15.0. The van der Waals surface area contributed by atoms with Gasteiger partial charge in [0.05, 0.1) is 29.2 Å². The summed E-state index contributed by atoms with van der Waals surface area (Å²) in [5.74, 6) is -1.33. The number of aromatic nitrogens is 2. The van der Waals surface area contributed by atoms with Crippen LogP contribution in [0.15, 0.2) is 66.0 Å². The number of carbonyl (C=O) groups is 2. The standard InChI is InChI=1S/C21H18N4O3/c26-19(9-10-20(27)28)25-18(13-17(24-25)14-5-2-1-3-6-14)15-7-4-8-16-21(15)23-12-11-22-16/h1-8,11-12,18H,9-10,13H2,(H,27,28)/t18-/m0/s1. The molecule has 28 heavy (non-hydrogen) atoms. The fraction of sp³-hybridized carbons (Fsp3) is 0.190. The molecule has 3 aromatic rings. The molecule has 2 heterocycles. The van der Waals surface area contributed by atoms with E-state index >= 15 is 0 Å². The molecule has 1 atom stereocenters. The Labute approximate surface area is 161 Å². The molecule has 7 heteroatoms. The first kappa shape index (κ1) is 17.8. The molecule has 0 unspecified atom stereocenters. The predicted octanol–water partition coefficient (Wildman–Crippen LogP) is 3.17. The van der Waals surface area contributed by atoms with Crippen molar-refractivity contribution in [3.8, 4) is 0 Å². The van der Waals surface area contributed by atoms with Gasteiger partial charge in [-0.25, -0.2) is 5.01 Å². The average molecular weight is 374 g/mol. The van der Waals surface area contributed by atoms with Gasteiger partial charge in [-0.15, -0.1) is 0 Å². The van der Waals surface area contributed by atoms with E-state index in [1.165, 1.54) is 5.01 Å². The van der Waals surface area contributed by atoms with Crippen molar-refractivity contribution in [1.82, 2.24) is 15.0 Å². The predicted molar refractivity (Wildman–Crippen MR) is 104 cm³/mol. The molecule has 2 aromatic carbocycles. The highest BCUT2D eigenvalue weighted by Crippen LogP contribution is 2.35. The lowest BCUT2D eigenvalue weighted by Crippen LogP contribution is -2.27. The average Bonchev–Trinajstić information content (AvgIpc) is 3.17. The summed E-state index contributed by atoms with van der Waals surface area (Å²) in [5, 5.41) is 14.9. The number of nitrogens with zero attached hydrogens (tertiary/aromatic N) is 4. The van der Waals surface area contributed by atoms with Gasteiger partial charge in [0, 0.05) is 30.8 Å². The summed E-state index contributed by atoms with van der Waals surface area (Å²) in [6.07, 6.45) is 3.44. The number of carbonyl (C=O) groups excluding carboxylic acids is 1. The van der Waals surface area contributed by atoms with E-state index in [1.807, 2.05) is 48.5 Å². The molecule has 1 amide bonds. The molecule has 140 valence electrons. The number of hydrazone groups is 1. The molecule has 1 aromatic heterocycles. The minimum Gasteiger partial charge on any atom is -0.481 e. The summed E-state index contributed by atoms with van der Waals surface area (Å²) >= 11 is 0. The topological polar surface area (TPSA) is 95.8 Å². The first-order valence-corrected chi connectivity index (χ1v) is 9.00. The van der Waals surface area contributed by atoms with Crippen LogP contribution >= 0.6 is 0 Å². The largest absolute Gasteiger partial charge is 0.481 e. The molecule has 0 spiro atoms. The summed E-state index contributed by atoms with van der Waals surface area (Å²) in [4.78, 5) is 32.5. The van der Waals surface area contributed by atoms with Crippen LogP contribution in [0, 0.1) is 0 Å². The van der Waals surface area contributed by atoms with Gasteiger partial charge in [-0.2, -0.15) is 5.10 Å². The Hall–Kier alpha value is -3.61. The van der Waals surface area contributed by atoms with E-state index in [2.05, 4.69) is 15.1 Å². The Kier molecular flexibility index (Phi) is 4.80. The number of amides is 1. The summed E-state index contributed by atoms with van der Waals surface area (Å²) < 4.78 is 0. The van der Waals surface area contributed by atoms with Crippen molar-refractivity contribution in [2.24, 2.45) is 5.10 Å². The minimum atomic E-state index is -1.01. The summed E-state index contributed by atoms with van der Waals surface area (Å²) in [5.41, 5.74) is 4.04. The summed E-state index contributed by atoms with van der Waals surface area (Å²) in [7, 11) is 0. The van der Waals surface area contributed by atoms with E-state index in [0.29, 0.717) is 6.42 Å². The number of aliphatic carboxylic acids is 1. The molecule has 1 N–H and O–H groups in total. The van der Waals surface area contributed by atoms with Crippen LogP contribution in [0.25, 0.3) is 11.0 Å². The van der Waals surface area contributed by atoms with Crippen LogP contribution in [-0.4, -0.2) is 37.7 Å². The zero-order chi connectivity index (χ0) is 19.5. The highest BCUT2D eigenvalue weighted by Gasteiger charge is 2.34. The van der Waals surface area contributed by atoms with Crippen LogP contribution < -0.4 is 0 Å². The van der Waals surface area contributed by atoms with Gasteiger partial charge < -0.3 is 5.11 Å². The van der Waals surface area contributed by atoms with Crippen LogP contribution in [-0.2, 0) is 9.59 Å². The van der Waals surface area contributed by atoms with E-state index in [-0.39, 0.29) is 24.8 Å². The van der Waals surface area contributed by atoms with Crippen molar-refractivity contribution in [2.75, 3.05) is 0 Å². The highest BCUT2D eigenvalue weighted by molar-refractivity contribution is 6.03. The van der Waals surface area contributed by atoms with Crippen LogP contribution in [0.5, 0.6) is 0 Å². The van der Waals surface area contributed by atoms with Crippen molar-refractivity contribution in [2.45, 2.75) is 25.3 Å². The van der Waals surface area contributed by atoms with Gasteiger partial charge in [0.1, 0.15) is 0 Å². The second-order valence-corrected chi connectivity index (χ2v) is 6.54. The Morgan fingerprint density at radius 3 is 2.57 bits per heavy atom. The molecule has 1 aliphatic heterocycles. The Balaban J connectivity index is 1.74. The van der Waals surface area contributed by atoms with Crippen LogP contribution in [0.1, 0.15) is 36.4 Å². The second-order valence-electron chi connectivity index (χ2n) is 6.54. The first-order valence-electron chi connectivity index (χ1n) is 9.00. The van der Waals surface area contributed by atoms with Crippen molar-refractivity contribution in [3.05, 3.63) is 72.1 Å². The maximum atomic E-state index is 12.8. The van der Waals surface area contributed by atoms with Gasteiger partial charge in [-0.1, -0.05) is 42.5 Å². The van der Waals surface area contributed by atoms with Gasteiger partial charge >= 0.3 is 5.97 Å². The molecule has 0 saturated carbocycles. The molecule has 1 aliphatic rings. The van der Waals surface area contributed by atoms with Crippen LogP contribution in [0.4, 0.5) is 0 Å². The third-order valence-corrected chi connectivity index (χ3v) is 4.71. The van der Waals surface area contributed by atoms with Gasteiger partial charge in [0.15, 0.2) is 0 Å². The van der Waals surface area contributed by atoms with Crippen LogP contribution in [0.3, 0.4) is 0 Å². The smallest absolute Gasteiger partial charge is 0.303 e. The van der Waals surface area contributed by atoms with E-state index < -0.39 is 5.97 Å². The van der Waals surface area contributed by atoms with Gasteiger partial charge in [-0.05, 0) is 11.6 Å². The molecular formula is C21H18N4O3. The lowest BCUT2D eigenvalue weighted by molar-refractivity contribution is -0.141. The summed E-state index contributed by atoms with van der Waals surface area (Å²) in [6, 6.07) is 15.0. The molecule has 7 nitrogen and oxygen atoms in total. The molecule has 0 saturated heterocycles. The number of carboxylic acids is 1. The van der Waals surface area contributed by atoms with Gasteiger partial charge in [-0.3, -0.25) is 19.6 Å². The van der Waals surface area contributed by atoms with Crippen molar-refractivity contribution >= 4 is 28.6 Å². The third kappa shape index (κ3) is 3.46. The number of carboxylic acid groups (broad SMARTS) is 1. The number of hydrogen-bond acceptors (Lipinski definition) is 5. The van der Waals surface area contributed by atoms with Crippen molar-refractivity contribution in [1.29, 1.82) is 0 Å². The SMILES string of the molecule is O=C(O)CCC(=O)N1N=C(c2ccccc2)C[C@H]1c1cccc2nccnc12. The maximum Gasteiger partial charge on any atom is 0.303 e. The zero-order valence-corrected chi connectivity index (χ0v) is 15.0. The monoisotopic (exact) mass is 374 g/mol. The molecule has 0 aliphatic carbocycles. The number of benzene rings is 2. The Bertz CT molecular complexity index is 1060. The molecule has 0 fully saturated rings. The number of rotatable bonds is 5. The fourth-order valence-electron chi connectivity index (χ4n) is 3.40. The van der Waals surface area contributed by atoms with Crippen molar-refractivity contribution < 1.29 is 14.7 Å². The Morgan fingerprint density at radius 2 is 1.79 bits per heavy atom. The lowest BCUT2D eigenvalue weighted by atomic mass is 9.97. The fourth-order valence-corrected chi connectivity index (χ4v) is 3.40. The van der Waals surface area contributed by atoms with Gasteiger partial charge in [0.2, 0.25) is 5.91 Å². The number of para-hydroxylation sites is 1. The minimum absolute atomic E-state index is 0.103. The molecule has 0 radical (unpaired) electrons. The lowest BCUT2D eigenvalue weighted by Gasteiger charge is -2.22. The number of hydrogen-bond donors (Lipinski definition) is 1. The van der Waals surface area contributed by atoms with E-state index in [9.17, 15) is 9.59 Å². The maximum absolute atomic E-state index is 12.8. The Morgan fingerprint density at radius 1 is 1.00 bits per heavy atom. The van der Waals surface area contributed by atoms with E-state index in [1.54, 1.807) is 12.4 Å². The summed E-state index contributed by atoms with van der Waals surface area (Å²) in [6.45, 7) is 0. The molecular weight excluding hydrogens is 356 g/mol. The molecule has 0 bridgehead atoms. The first-order chi connectivity index (χ1) is 13.6. The third-order valence-electron chi connectivity index (χ3n) is 4.71. The normalized spacial score (nSPS) is 16.2. The van der Waals surface area contributed by atoms with Crippen molar-refractivity contribution in [3.63, 3.8) is 0 Å². The quantitative estimate of drug-likeness (QED) is 0.740.